The molecule has 0 aliphatic heterocycles. The van der Waals surface area contributed by atoms with Crippen molar-refractivity contribution in [1.82, 2.24) is 5.32 Å². The van der Waals surface area contributed by atoms with Gasteiger partial charge in [0.1, 0.15) is 6.61 Å². The molecule has 1 unspecified atom stereocenters. The van der Waals surface area contributed by atoms with Crippen molar-refractivity contribution in [3.05, 3.63) is 35.9 Å². The maximum Gasteiger partial charge on any atom is 0.407 e. The predicted octanol–water partition coefficient (Wildman–Crippen LogP) is 3.12. The topological polar surface area (TPSA) is 47.6 Å². The van der Waals surface area contributed by atoms with Gasteiger partial charge in [-0.2, -0.15) is 0 Å². The van der Waals surface area contributed by atoms with Crippen LogP contribution < -0.4 is 5.32 Å². The molecule has 1 aromatic rings. The molecule has 0 saturated heterocycles. The number of alkyl carbamates (subject to hydrolysis) is 1. The molecule has 0 saturated carbocycles. The van der Waals surface area contributed by atoms with Crippen LogP contribution in [0.2, 0.25) is 0 Å². The molecule has 0 aliphatic carbocycles. The minimum absolute atomic E-state index is 0.111. The number of nitrogens with one attached hydrogen (secondary N) is 1. The van der Waals surface area contributed by atoms with E-state index in [0.717, 1.165) is 24.8 Å². The maximum atomic E-state index is 11.5. The zero-order valence-electron chi connectivity index (χ0n) is 12.5. The van der Waals surface area contributed by atoms with Crippen LogP contribution in [0.4, 0.5) is 4.79 Å². The lowest BCUT2D eigenvalue weighted by atomic mass is 10.1. The largest absolute Gasteiger partial charge is 0.445 e. The molecule has 0 bridgehead atoms. The van der Waals surface area contributed by atoms with E-state index in [0.29, 0.717) is 19.6 Å². The van der Waals surface area contributed by atoms with Gasteiger partial charge in [0.2, 0.25) is 0 Å². The van der Waals surface area contributed by atoms with Gasteiger partial charge in [-0.25, -0.2) is 4.79 Å². The van der Waals surface area contributed by atoms with Crippen molar-refractivity contribution >= 4 is 6.09 Å². The molecule has 1 atom stereocenters. The summed E-state index contributed by atoms with van der Waals surface area (Å²) >= 11 is 0. The molecule has 1 rings (SSSR count). The standard InChI is InChI=1S/C17H23NO3/c1-3-9-16(20-2)12-7-8-13-18-17(19)21-14-15-10-5-4-6-11-15/h1,4-6,10-11,16H,7-9,12-14H2,2H3,(H,18,19). The van der Waals surface area contributed by atoms with Gasteiger partial charge in [0.25, 0.3) is 0 Å². The minimum Gasteiger partial charge on any atom is -0.445 e. The number of carbonyl (C=O) groups excluding carboxylic acids is 1. The Labute approximate surface area is 126 Å². The highest BCUT2D eigenvalue weighted by molar-refractivity contribution is 5.67. The number of methoxy groups -OCH3 is 1. The van der Waals surface area contributed by atoms with Crippen molar-refractivity contribution < 1.29 is 14.3 Å². The third-order valence-electron chi connectivity index (χ3n) is 3.11. The smallest absolute Gasteiger partial charge is 0.407 e. The van der Waals surface area contributed by atoms with Gasteiger partial charge in [-0.15, -0.1) is 12.3 Å². The average Bonchev–Trinajstić information content (AvgIpc) is 2.52. The molecular weight excluding hydrogens is 266 g/mol. The van der Waals surface area contributed by atoms with E-state index in [4.69, 9.17) is 15.9 Å². The van der Waals surface area contributed by atoms with Crippen LogP contribution in [0.15, 0.2) is 30.3 Å². The lowest BCUT2D eigenvalue weighted by molar-refractivity contribution is 0.0970. The highest BCUT2D eigenvalue weighted by Gasteiger charge is 2.05. The van der Waals surface area contributed by atoms with Gasteiger partial charge in [0, 0.05) is 20.1 Å². The van der Waals surface area contributed by atoms with E-state index in [-0.39, 0.29) is 12.2 Å². The fraction of sp³-hybridized carbons (Fsp3) is 0.471. The second-order valence-corrected chi connectivity index (χ2v) is 4.75. The Hall–Kier alpha value is -1.99. The van der Waals surface area contributed by atoms with E-state index in [1.54, 1.807) is 7.11 Å². The van der Waals surface area contributed by atoms with E-state index in [9.17, 15) is 4.79 Å². The van der Waals surface area contributed by atoms with Crippen LogP contribution in [0, 0.1) is 12.3 Å². The lowest BCUT2D eigenvalue weighted by Gasteiger charge is -2.12. The molecule has 0 fully saturated rings. The zero-order chi connectivity index (χ0) is 15.3. The number of unbranched alkanes of at least 4 members (excludes halogenated alkanes) is 1. The molecule has 0 aromatic heterocycles. The molecule has 1 aromatic carbocycles. The fourth-order valence-corrected chi connectivity index (χ4v) is 1.90. The van der Waals surface area contributed by atoms with Crippen LogP contribution in [0.1, 0.15) is 31.2 Å². The Bertz CT molecular complexity index is 439. The van der Waals surface area contributed by atoms with Crippen molar-refractivity contribution in [2.45, 2.75) is 38.4 Å². The second kappa shape index (κ2) is 10.8. The summed E-state index contributed by atoms with van der Waals surface area (Å²) in [4.78, 5) is 11.5. The molecule has 0 spiro atoms. The molecular formula is C17H23NO3. The third-order valence-corrected chi connectivity index (χ3v) is 3.11. The Morgan fingerprint density at radius 2 is 2.10 bits per heavy atom. The van der Waals surface area contributed by atoms with Crippen LogP contribution in [0.3, 0.4) is 0 Å². The summed E-state index contributed by atoms with van der Waals surface area (Å²) in [6.45, 7) is 0.890. The summed E-state index contributed by atoms with van der Waals surface area (Å²) in [5.74, 6) is 2.60. The number of amides is 1. The van der Waals surface area contributed by atoms with E-state index < -0.39 is 0 Å². The van der Waals surface area contributed by atoms with E-state index >= 15 is 0 Å². The van der Waals surface area contributed by atoms with Crippen LogP contribution in [-0.2, 0) is 16.1 Å². The van der Waals surface area contributed by atoms with Crippen molar-refractivity contribution in [2.75, 3.05) is 13.7 Å². The number of hydrogen-bond acceptors (Lipinski definition) is 3. The summed E-state index contributed by atoms with van der Waals surface area (Å²) in [5, 5.41) is 2.73. The number of terminal acetylenes is 1. The molecule has 0 radical (unpaired) electrons. The number of carbonyl (C=O) groups is 1. The van der Waals surface area contributed by atoms with Gasteiger partial charge in [-0.1, -0.05) is 30.3 Å². The lowest BCUT2D eigenvalue weighted by Crippen LogP contribution is -2.25. The van der Waals surface area contributed by atoms with E-state index in [1.165, 1.54) is 0 Å². The molecule has 21 heavy (non-hydrogen) atoms. The summed E-state index contributed by atoms with van der Waals surface area (Å²) < 4.78 is 10.4. The number of rotatable bonds is 9. The Kier molecular flexibility index (Phi) is 8.74. The Morgan fingerprint density at radius 3 is 2.76 bits per heavy atom. The quantitative estimate of drug-likeness (QED) is 0.561. The normalized spacial score (nSPS) is 11.4. The van der Waals surface area contributed by atoms with Crippen molar-refractivity contribution in [3.63, 3.8) is 0 Å². The van der Waals surface area contributed by atoms with Crippen LogP contribution in [0.5, 0.6) is 0 Å². The number of hydrogen-bond donors (Lipinski definition) is 1. The molecule has 114 valence electrons. The first-order chi connectivity index (χ1) is 10.3. The summed E-state index contributed by atoms with van der Waals surface area (Å²) in [6.07, 6.45) is 8.35. The first kappa shape index (κ1) is 17.1. The molecule has 1 N–H and O–H groups in total. The highest BCUT2D eigenvalue weighted by atomic mass is 16.5. The van der Waals surface area contributed by atoms with Gasteiger partial charge in [-0.3, -0.25) is 0 Å². The number of benzene rings is 1. The van der Waals surface area contributed by atoms with Gasteiger partial charge in [0.05, 0.1) is 6.10 Å². The molecule has 4 heteroatoms. The predicted molar refractivity (Wildman–Crippen MR) is 82.7 cm³/mol. The molecule has 0 heterocycles. The third kappa shape index (κ3) is 8.01. The zero-order valence-corrected chi connectivity index (χ0v) is 12.5. The summed E-state index contributed by atoms with van der Waals surface area (Å²) in [7, 11) is 1.67. The van der Waals surface area contributed by atoms with Gasteiger partial charge >= 0.3 is 6.09 Å². The second-order valence-electron chi connectivity index (χ2n) is 4.75. The SMILES string of the molecule is C#CCC(CCCCNC(=O)OCc1ccccc1)OC. The van der Waals surface area contributed by atoms with E-state index in [1.807, 2.05) is 30.3 Å². The highest BCUT2D eigenvalue weighted by Crippen LogP contribution is 2.07. The number of ether oxygens (including phenoxy) is 2. The Morgan fingerprint density at radius 1 is 1.33 bits per heavy atom. The van der Waals surface area contributed by atoms with Gasteiger partial charge in [0.15, 0.2) is 0 Å². The summed E-state index contributed by atoms with van der Waals surface area (Å²) in [6, 6.07) is 9.60. The van der Waals surface area contributed by atoms with Crippen molar-refractivity contribution in [3.8, 4) is 12.3 Å². The molecule has 1 amide bonds. The minimum atomic E-state index is -0.384. The average molecular weight is 289 g/mol. The Balaban J connectivity index is 2.05. The van der Waals surface area contributed by atoms with Crippen LogP contribution in [-0.4, -0.2) is 25.9 Å². The first-order valence-corrected chi connectivity index (χ1v) is 7.17. The van der Waals surface area contributed by atoms with Crippen LogP contribution >= 0.6 is 0 Å². The van der Waals surface area contributed by atoms with Gasteiger partial charge in [-0.05, 0) is 24.8 Å². The van der Waals surface area contributed by atoms with Crippen LogP contribution in [0.25, 0.3) is 0 Å². The van der Waals surface area contributed by atoms with E-state index in [2.05, 4.69) is 11.2 Å². The maximum absolute atomic E-state index is 11.5. The fourth-order valence-electron chi connectivity index (χ4n) is 1.90. The molecule has 0 aliphatic rings. The first-order valence-electron chi connectivity index (χ1n) is 7.17. The molecule has 4 nitrogen and oxygen atoms in total. The van der Waals surface area contributed by atoms with Gasteiger partial charge < -0.3 is 14.8 Å². The monoisotopic (exact) mass is 289 g/mol. The van der Waals surface area contributed by atoms with Crippen molar-refractivity contribution in [1.29, 1.82) is 0 Å². The van der Waals surface area contributed by atoms with Crippen molar-refractivity contribution in [2.24, 2.45) is 0 Å². The summed E-state index contributed by atoms with van der Waals surface area (Å²) in [5.41, 5.74) is 0.977.